The zero-order valence-electron chi connectivity index (χ0n) is 14.1. The van der Waals surface area contributed by atoms with Crippen LogP contribution in [0.2, 0.25) is 5.02 Å². The van der Waals surface area contributed by atoms with Gasteiger partial charge in [0.2, 0.25) is 0 Å². The molecule has 1 fully saturated rings. The van der Waals surface area contributed by atoms with E-state index in [-0.39, 0.29) is 10.9 Å². The number of hydrogen-bond acceptors (Lipinski definition) is 3. The molecule has 2 aromatic rings. The number of carbonyl (C=O) groups is 1. The van der Waals surface area contributed by atoms with Crippen molar-refractivity contribution in [3.63, 3.8) is 0 Å². The van der Waals surface area contributed by atoms with Crippen LogP contribution in [0.15, 0.2) is 42.5 Å². The second-order valence-corrected chi connectivity index (χ2v) is 6.55. The summed E-state index contributed by atoms with van der Waals surface area (Å²) >= 11 is 5.72. The quantitative estimate of drug-likeness (QED) is 0.905. The van der Waals surface area contributed by atoms with Gasteiger partial charge in [-0.1, -0.05) is 17.7 Å². The molecule has 25 heavy (non-hydrogen) atoms. The van der Waals surface area contributed by atoms with Crippen molar-refractivity contribution in [2.24, 2.45) is 0 Å². The largest absolute Gasteiger partial charge is 0.388 e. The van der Waals surface area contributed by atoms with Gasteiger partial charge in [-0.25, -0.2) is 4.39 Å². The van der Waals surface area contributed by atoms with Gasteiger partial charge in [-0.15, -0.1) is 0 Å². The molecule has 1 amide bonds. The Morgan fingerprint density at radius 3 is 2.40 bits per heavy atom. The van der Waals surface area contributed by atoms with E-state index in [2.05, 4.69) is 10.2 Å². The SMILES string of the molecule is CNc1ccc(C(=O)N2CCN(Cc3ccc(Cl)c(F)c3)CC2)cc1. The average Bonchev–Trinajstić information content (AvgIpc) is 2.65. The van der Waals surface area contributed by atoms with E-state index in [1.165, 1.54) is 6.07 Å². The number of carbonyl (C=O) groups excluding carboxylic acids is 1. The lowest BCUT2D eigenvalue weighted by Gasteiger charge is -2.34. The van der Waals surface area contributed by atoms with Crippen molar-refractivity contribution in [3.05, 3.63) is 64.4 Å². The molecule has 1 heterocycles. The van der Waals surface area contributed by atoms with Gasteiger partial charge in [-0.05, 0) is 42.0 Å². The molecule has 0 spiro atoms. The fourth-order valence-electron chi connectivity index (χ4n) is 2.97. The zero-order valence-corrected chi connectivity index (χ0v) is 14.9. The summed E-state index contributed by atoms with van der Waals surface area (Å²) in [5.74, 6) is -0.335. The van der Waals surface area contributed by atoms with Crippen molar-refractivity contribution in [1.29, 1.82) is 0 Å². The lowest BCUT2D eigenvalue weighted by atomic mass is 10.1. The first-order valence-corrected chi connectivity index (χ1v) is 8.68. The van der Waals surface area contributed by atoms with E-state index in [1.54, 1.807) is 6.07 Å². The summed E-state index contributed by atoms with van der Waals surface area (Å²) in [6.45, 7) is 3.54. The summed E-state index contributed by atoms with van der Waals surface area (Å²) in [6.07, 6.45) is 0. The highest BCUT2D eigenvalue weighted by Gasteiger charge is 2.22. The predicted octanol–water partition coefficient (Wildman–Crippen LogP) is 3.48. The lowest BCUT2D eigenvalue weighted by Crippen LogP contribution is -2.48. The number of anilines is 1. The van der Waals surface area contributed by atoms with E-state index in [0.717, 1.165) is 24.3 Å². The molecule has 132 valence electrons. The smallest absolute Gasteiger partial charge is 0.253 e. The maximum Gasteiger partial charge on any atom is 0.253 e. The molecule has 0 radical (unpaired) electrons. The van der Waals surface area contributed by atoms with Crippen LogP contribution in [0.5, 0.6) is 0 Å². The van der Waals surface area contributed by atoms with Crippen LogP contribution in [0.4, 0.5) is 10.1 Å². The number of amides is 1. The van der Waals surface area contributed by atoms with Gasteiger partial charge >= 0.3 is 0 Å². The third-order valence-corrected chi connectivity index (χ3v) is 4.78. The molecule has 0 bridgehead atoms. The standard InChI is InChI=1S/C19H21ClFN3O/c1-22-16-5-3-15(4-6-16)19(25)24-10-8-23(9-11-24)13-14-2-7-17(20)18(21)12-14/h2-7,12,22H,8-11,13H2,1H3. The normalized spacial score (nSPS) is 15.2. The molecule has 2 aromatic carbocycles. The third kappa shape index (κ3) is 4.30. The summed E-state index contributed by atoms with van der Waals surface area (Å²) in [5.41, 5.74) is 2.58. The molecule has 1 aliphatic rings. The Hall–Kier alpha value is -2.11. The Bertz CT molecular complexity index is 743. The number of nitrogens with zero attached hydrogens (tertiary/aromatic N) is 2. The first-order valence-electron chi connectivity index (χ1n) is 8.30. The molecule has 6 heteroatoms. The molecule has 3 rings (SSSR count). The lowest BCUT2D eigenvalue weighted by molar-refractivity contribution is 0.0628. The molecule has 4 nitrogen and oxygen atoms in total. The van der Waals surface area contributed by atoms with Crippen molar-refractivity contribution < 1.29 is 9.18 Å². The van der Waals surface area contributed by atoms with Gasteiger partial charge in [-0.2, -0.15) is 0 Å². The predicted molar refractivity (Wildman–Crippen MR) is 98.6 cm³/mol. The number of hydrogen-bond donors (Lipinski definition) is 1. The van der Waals surface area contributed by atoms with Gasteiger partial charge in [-0.3, -0.25) is 9.69 Å². The van der Waals surface area contributed by atoms with Crippen LogP contribution >= 0.6 is 11.6 Å². The molecular formula is C19H21ClFN3O. The molecule has 0 atom stereocenters. The molecule has 0 unspecified atom stereocenters. The number of rotatable bonds is 4. The van der Waals surface area contributed by atoms with E-state index >= 15 is 0 Å². The maximum absolute atomic E-state index is 13.5. The summed E-state index contributed by atoms with van der Waals surface area (Å²) < 4.78 is 13.5. The van der Waals surface area contributed by atoms with Gasteiger partial charge in [0, 0.05) is 51.0 Å². The zero-order chi connectivity index (χ0) is 17.8. The monoisotopic (exact) mass is 361 g/mol. The van der Waals surface area contributed by atoms with E-state index in [9.17, 15) is 9.18 Å². The average molecular weight is 362 g/mol. The minimum atomic E-state index is -0.391. The van der Waals surface area contributed by atoms with E-state index in [0.29, 0.717) is 25.2 Å². The van der Waals surface area contributed by atoms with Crippen molar-refractivity contribution in [3.8, 4) is 0 Å². The van der Waals surface area contributed by atoms with Crippen LogP contribution in [-0.4, -0.2) is 48.9 Å². The van der Waals surface area contributed by atoms with Gasteiger partial charge in [0.25, 0.3) is 5.91 Å². The molecule has 1 aliphatic heterocycles. The van der Waals surface area contributed by atoms with Crippen molar-refractivity contribution in [2.75, 3.05) is 38.5 Å². The van der Waals surface area contributed by atoms with Gasteiger partial charge in [0.05, 0.1) is 5.02 Å². The molecule has 0 aromatic heterocycles. The van der Waals surface area contributed by atoms with Gasteiger partial charge in [0.1, 0.15) is 5.82 Å². The fraction of sp³-hybridized carbons (Fsp3) is 0.316. The Labute approximate surface area is 152 Å². The summed E-state index contributed by atoms with van der Waals surface area (Å²) in [7, 11) is 1.85. The Morgan fingerprint density at radius 2 is 1.80 bits per heavy atom. The molecule has 0 saturated carbocycles. The minimum absolute atomic E-state index is 0.0554. The summed E-state index contributed by atoms with van der Waals surface area (Å²) in [6, 6.07) is 12.4. The van der Waals surface area contributed by atoms with Crippen LogP contribution in [-0.2, 0) is 6.54 Å². The van der Waals surface area contributed by atoms with Crippen molar-refractivity contribution in [1.82, 2.24) is 9.80 Å². The first kappa shape index (κ1) is 17.7. The number of benzene rings is 2. The minimum Gasteiger partial charge on any atom is -0.388 e. The molecule has 1 N–H and O–H groups in total. The maximum atomic E-state index is 13.5. The third-order valence-electron chi connectivity index (χ3n) is 4.47. The molecule has 0 aliphatic carbocycles. The van der Waals surface area contributed by atoms with Crippen molar-refractivity contribution >= 4 is 23.2 Å². The van der Waals surface area contributed by atoms with Gasteiger partial charge in [0.15, 0.2) is 0 Å². The van der Waals surface area contributed by atoms with Crippen LogP contribution in [0.3, 0.4) is 0 Å². The Balaban J connectivity index is 1.55. The number of piperazine rings is 1. The molecular weight excluding hydrogens is 341 g/mol. The van der Waals surface area contributed by atoms with Crippen LogP contribution < -0.4 is 5.32 Å². The van der Waals surface area contributed by atoms with E-state index in [1.807, 2.05) is 42.3 Å². The number of halogens is 2. The summed E-state index contributed by atoms with van der Waals surface area (Å²) in [4.78, 5) is 16.7. The van der Waals surface area contributed by atoms with Crippen LogP contribution in [0.25, 0.3) is 0 Å². The topological polar surface area (TPSA) is 35.6 Å². The molecule has 1 saturated heterocycles. The first-order chi connectivity index (χ1) is 12.1. The van der Waals surface area contributed by atoms with Crippen LogP contribution in [0.1, 0.15) is 15.9 Å². The van der Waals surface area contributed by atoms with E-state index in [4.69, 9.17) is 11.6 Å². The Morgan fingerprint density at radius 1 is 1.12 bits per heavy atom. The summed E-state index contributed by atoms with van der Waals surface area (Å²) in [5, 5.41) is 3.18. The second kappa shape index (κ2) is 7.85. The van der Waals surface area contributed by atoms with Crippen LogP contribution in [0, 0.1) is 5.82 Å². The van der Waals surface area contributed by atoms with Crippen molar-refractivity contribution in [2.45, 2.75) is 6.54 Å². The van der Waals surface area contributed by atoms with Gasteiger partial charge < -0.3 is 10.2 Å². The highest BCUT2D eigenvalue weighted by molar-refractivity contribution is 6.30. The Kier molecular flexibility index (Phi) is 5.56. The fourth-order valence-corrected chi connectivity index (χ4v) is 3.08. The van der Waals surface area contributed by atoms with E-state index < -0.39 is 5.82 Å². The highest BCUT2D eigenvalue weighted by atomic mass is 35.5. The number of nitrogens with one attached hydrogen (secondary N) is 1. The highest BCUT2D eigenvalue weighted by Crippen LogP contribution is 2.18. The second-order valence-electron chi connectivity index (χ2n) is 6.14.